The Bertz CT molecular complexity index is 616. The van der Waals surface area contributed by atoms with Gasteiger partial charge in [0, 0.05) is 12.4 Å². The fourth-order valence-corrected chi connectivity index (χ4v) is 2.58. The molecule has 0 aliphatic carbocycles. The minimum atomic E-state index is -1.07. The molecule has 0 saturated heterocycles. The highest BCUT2D eigenvalue weighted by molar-refractivity contribution is 7.12. The molecule has 20 heavy (non-hydrogen) atoms. The summed E-state index contributed by atoms with van der Waals surface area (Å²) in [6, 6.07) is 4.58. The maximum absolute atomic E-state index is 12.2. The molecule has 0 aliphatic heterocycles. The summed E-state index contributed by atoms with van der Waals surface area (Å²) in [6.07, 6.45) is 5.32. The maximum Gasteiger partial charge on any atom is 0.326 e. The monoisotopic (exact) mass is 290 g/mol. The van der Waals surface area contributed by atoms with Gasteiger partial charge in [-0.2, -0.15) is 0 Å². The summed E-state index contributed by atoms with van der Waals surface area (Å²) in [6.45, 7) is 3.49. The number of rotatable bonds is 6. The van der Waals surface area contributed by atoms with Gasteiger partial charge in [-0.05, 0) is 30.0 Å². The van der Waals surface area contributed by atoms with Gasteiger partial charge in [0.15, 0.2) is 0 Å². The number of hydrogen-bond donors (Lipinski definition) is 2. The van der Waals surface area contributed by atoms with Gasteiger partial charge in [-0.1, -0.05) is 6.08 Å². The molecule has 2 heterocycles. The van der Waals surface area contributed by atoms with Crippen molar-refractivity contribution in [3.63, 3.8) is 0 Å². The Morgan fingerprint density at radius 3 is 2.75 bits per heavy atom. The highest BCUT2D eigenvalue weighted by atomic mass is 32.1. The van der Waals surface area contributed by atoms with Crippen LogP contribution >= 0.6 is 11.3 Å². The predicted molar refractivity (Wildman–Crippen MR) is 77.4 cm³/mol. The minimum absolute atomic E-state index is 0.186. The lowest BCUT2D eigenvalue weighted by atomic mass is 10.2. The molecular weight excluding hydrogens is 276 g/mol. The summed E-state index contributed by atoms with van der Waals surface area (Å²) in [4.78, 5) is 23.7. The second kappa shape index (κ2) is 6.21. The highest BCUT2D eigenvalue weighted by Gasteiger charge is 2.22. The Kier molecular flexibility index (Phi) is 4.37. The summed E-state index contributed by atoms with van der Waals surface area (Å²) in [7, 11) is 0. The quantitative estimate of drug-likeness (QED) is 0.802. The molecule has 1 atom stereocenters. The molecule has 104 valence electrons. The van der Waals surface area contributed by atoms with Gasteiger partial charge in [-0.15, -0.1) is 17.9 Å². The first-order valence-corrected chi connectivity index (χ1v) is 6.87. The van der Waals surface area contributed by atoms with Crippen LogP contribution in [0.2, 0.25) is 0 Å². The molecule has 0 aromatic carbocycles. The van der Waals surface area contributed by atoms with Crippen LogP contribution in [0, 0.1) is 0 Å². The van der Waals surface area contributed by atoms with E-state index >= 15 is 0 Å². The topological polar surface area (TPSA) is 71.3 Å². The van der Waals surface area contributed by atoms with E-state index in [0.717, 1.165) is 5.69 Å². The van der Waals surface area contributed by atoms with E-state index in [0.29, 0.717) is 4.88 Å². The van der Waals surface area contributed by atoms with Gasteiger partial charge < -0.3 is 15.0 Å². The van der Waals surface area contributed by atoms with Gasteiger partial charge in [0.05, 0.1) is 5.69 Å². The van der Waals surface area contributed by atoms with E-state index in [-0.39, 0.29) is 6.42 Å². The SMILES string of the molecule is C=CCC(NC(=O)c1sccc1-n1cccc1)C(=O)O. The van der Waals surface area contributed by atoms with Crippen LogP contribution in [0.5, 0.6) is 0 Å². The first kappa shape index (κ1) is 14.1. The third kappa shape index (κ3) is 2.97. The largest absolute Gasteiger partial charge is 0.480 e. The highest BCUT2D eigenvalue weighted by Crippen LogP contribution is 2.21. The summed E-state index contributed by atoms with van der Waals surface area (Å²) < 4.78 is 1.81. The molecule has 0 bridgehead atoms. The molecule has 2 aromatic rings. The van der Waals surface area contributed by atoms with E-state index in [1.54, 1.807) is 5.38 Å². The number of amides is 1. The molecule has 0 fully saturated rings. The van der Waals surface area contributed by atoms with E-state index in [4.69, 9.17) is 5.11 Å². The normalized spacial score (nSPS) is 11.8. The lowest BCUT2D eigenvalue weighted by Gasteiger charge is -2.12. The maximum atomic E-state index is 12.2. The molecule has 2 rings (SSSR count). The van der Waals surface area contributed by atoms with Crippen LogP contribution in [0.4, 0.5) is 0 Å². The standard InChI is InChI=1S/C14H14N2O3S/c1-2-5-10(14(18)19)15-13(17)12-11(6-9-20-12)16-7-3-4-8-16/h2-4,6-10H,1,5H2,(H,15,17)(H,18,19). The number of aromatic nitrogens is 1. The van der Waals surface area contributed by atoms with Crippen LogP contribution < -0.4 is 5.32 Å². The zero-order valence-electron chi connectivity index (χ0n) is 10.7. The van der Waals surface area contributed by atoms with Crippen LogP contribution in [0.1, 0.15) is 16.1 Å². The molecule has 0 spiro atoms. The van der Waals surface area contributed by atoms with E-state index in [1.165, 1.54) is 17.4 Å². The Morgan fingerprint density at radius 2 is 2.15 bits per heavy atom. The number of nitrogens with zero attached hydrogens (tertiary/aromatic N) is 1. The van der Waals surface area contributed by atoms with Gasteiger partial charge in [0.1, 0.15) is 10.9 Å². The van der Waals surface area contributed by atoms with Crippen molar-refractivity contribution < 1.29 is 14.7 Å². The zero-order valence-corrected chi connectivity index (χ0v) is 11.5. The Balaban J connectivity index is 2.20. The second-order valence-electron chi connectivity index (χ2n) is 4.11. The third-order valence-corrected chi connectivity index (χ3v) is 3.64. The molecule has 0 saturated carbocycles. The predicted octanol–water partition coefficient (Wildman–Crippen LogP) is 2.30. The molecule has 2 aromatic heterocycles. The van der Waals surface area contributed by atoms with Crippen LogP contribution in [0.15, 0.2) is 48.6 Å². The molecular formula is C14H14N2O3S. The average Bonchev–Trinajstić information content (AvgIpc) is 3.08. The summed E-state index contributed by atoms with van der Waals surface area (Å²) in [5, 5.41) is 13.3. The number of carboxylic acids is 1. The first-order valence-electron chi connectivity index (χ1n) is 5.99. The minimum Gasteiger partial charge on any atom is -0.480 e. The smallest absolute Gasteiger partial charge is 0.326 e. The van der Waals surface area contributed by atoms with Crippen LogP contribution in [0.25, 0.3) is 5.69 Å². The van der Waals surface area contributed by atoms with Gasteiger partial charge in [0.2, 0.25) is 0 Å². The molecule has 6 heteroatoms. The van der Waals surface area contributed by atoms with Crippen molar-refractivity contribution in [3.05, 3.63) is 53.5 Å². The average molecular weight is 290 g/mol. The summed E-state index contributed by atoms with van der Waals surface area (Å²) in [5.41, 5.74) is 0.736. The molecule has 1 unspecified atom stereocenters. The van der Waals surface area contributed by atoms with Gasteiger partial charge in [-0.3, -0.25) is 4.79 Å². The molecule has 5 nitrogen and oxygen atoms in total. The fraction of sp³-hybridized carbons (Fsp3) is 0.143. The number of hydrogen-bond acceptors (Lipinski definition) is 3. The van der Waals surface area contributed by atoms with Crippen molar-refractivity contribution in [2.75, 3.05) is 0 Å². The fourth-order valence-electron chi connectivity index (χ4n) is 1.78. The Hall–Kier alpha value is -2.34. The van der Waals surface area contributed by atoms with Crippen LogP contribution in [-0.4, -0.2) is 27.6 Å². The molecule has 1 amide bonds. The lowest BCUT2D eigenvalue weighted by Crippen LogP contribution is -2.40. The van der Waals surface area contributed by atoms with Gasteiger partial charge in [0.25, 0.3) is 5.91 Å². The Labute approximate surface area is 120 Å². The van der Waals surface area contributed by atoms with E-state index < -0.39 is 17.9 Å². The number of nitrogens with one attached hydrogen (secondary N) is 1. The number of aliphatic carboxylic acids is 1. The molecule has 0 radical (unpaired) electrons. The van der Waals surface area contributed by atoms with Crippen molar-refractivity contribution in [2.45, 2.75) is 12.5 Å². The zero-order chi connectivity index (χ0) is 14.5. The van der Waals surface area contributed by atoms with Crippen molar-refractivity contribution in [1.29, 1.82) is 0 Å². The van der Waals surface area contributed by atoms with Crippen molar-refractivity contribution in [2.24, 2.45) is 0 Å². The number of thiophene rings is 1. The van der Waals surface area contributed by atoms with Gasteiger partial charge in [-0.25, -0.2) is 4.79 Å². The van der Waals surface area contributed by atoms with Gasteiger partial charge >= 0.3 is 5.97 Å². The van der Waals surface area contributed by atoms with Crippen molar-refractivity contribution in [1.82, 2.24) is 9.88 Å². The third-order valence-electron chi connectivity index (χ3n) is 2.74. The second-order valence-corrected chi connectivity index (χ2v) is 5.03. The molecule has 2 N–H and O–H groups in total. The lowest BCUT2D eigenvalue weighted by molar-refractivity contribution is -0.139. The number of carbonyl (C=O) groups excluding carboxylic acids is 1. The van der Waals surface area contributed by atoms with E-state index in [9.17, 15) is 9.59 Å². The summed E-state index contributed by atoms with van der Waals surface area (Å²) >= 11 is 1.28. The summed E-state index contributed by atoms with van der Waals surface area (Å²) in [5.74, 6) is -1.46. The van der Waals surface area contributed by atoms with Crippen molar-refractivity contribution in [3.8, 4) is 5.69 Å². The van der Waals surface area contributed by atoms with E-state index in [2.05, 4.69) is 11.9 Å². The first-order chi connectivity index (χ1) is 9.63. The van der Waals surface area contributed by atoms with Crippen LogP contribution in [-0.2, 0) is 4.79 Å². The van der Waals surface area contributed by atoms with Crippen LogP contribution in [0.3, 0.4) is 0 Å². The molecule has 0 aliphatic rings. The number of carboxylic acid groups (broad SMARTS) is 1. The van der Waals surface area contributed by atoms with E-state index in [1.807, 2.05) is 35.2 Å². The Morgan fingerprint density at radius 1 is 1.45 bits per heavy atom. The number of carbonyl (C=O) groups is 2. The van der Waals surface area contributed by atoms with Crippen molar-refractivity contribution >= 4 is 23.2 Å².